The van der Waals surface area contributed by atoms with Crippen LogP contribution in [0.25, 0.3) is 0 Å². The highest BCUT2D eigenvalue weighted by Gasteiger charge is 2.00. The van der Waals surface area contributed by atoms with Crippen molar-refractivity contribution in [2.45, 2.75) is 44.9 Å². The molecule has 0 atom stereocenters. The Hall–Kier alpha value is -1.10. The van der Waals surface area contributed by atoms with Crippen molar-refractivity contribution in [1.82, 2.24) is 0 Å². The monoisotopic (exact) mass is 180 g/mol. The Kier molecular flexibility index (Phi) is 8.23. The van der Waals surface area contributed by atoms with Crippen LogP contribution in [0.1, 0.15) is 44.9 Å². The first-order valence-electron chi connectivity index (χ1n) is 4.70. The average molecular weight is 180 g/mol. The maximum atomic E-state index is 11.1. The molecule has 0 saturated heterocycles. The molecule has 0 aromatic rings. The third-order valence-corrected chi connectivity index (χ3v) is 1.80. The second-order valence-corrected chi connectivity index (χ2v) is 3.01. The summed E-state index contributed by atoms with van der Waals surface area (Å²) in [6, 6.07) is 0. The highest BCUT2D eigenvalue weighted by Crippen LogP contribution is 2.04. The quantitative estimate of drug-likeness (QED) is 0.326. The van der Waals surface area contributed by atoms with Crippen molar-refractivity contribution in [3.8, 4) is 12.3 Å². The van der Waals surface area contributed by atoms with Gasteiger partial charge in [-0.25, -0.2) is 0 Å². The number of rotatable bonds is 8. The fourth-order valence-electron chi connectivity index (χ4n) is 1.06. The lowest BCUT2D eigenvalue weighted by atomic mass is 10.1. The average Bonchev–Trinajstić information content (AvgIpc) is 2.13. The zero-order valence-corrected chi connectivity index (χ0v) is 7.92. The molecule has 2 heteroatoms. The van der Waals surface area contributed by atoms with Gasteiger partial charge < -0.3 is 4.79 Å². The molecule has 0 rings (SSSR count). The molecule has 2 nitrogen and oxygen atoms in total. The summed E-state index contributed by atoms with van der Waals surface area (Å²) in [5, 5.41) is 0. The number of hydrogen-bond donors (Lipinski definition) is 0. The number of carbonyl (C=O) groups excluding carboxylic acids is 2. The van der Waals surface area contributed by atoms with E-state index in [1.807, 2.05) is 0 Å². The summed E-state index contributed by atoms with van der Waals surface area (Å²) in [7, 11) is 0. The number of hydrogen-bond acceptors (Lipinski definition) is 2. The normalized spacial score (nSPS) is 9.15. The van der Waals surface area contributed by atoms with Crippen LogP contribution >= 0.6 is 0 Å². The molecule has 13 heavy (non-hydrogen) atoms. The molecule has 0 aromatic carbocycles. The second kappa shape index (κ2) is 8.99. The van der Waals surface area contributed by atoms with Crippen LogP contribution in [0.5, 0.6) is 0 Å². The Morgan fingerprint density at radius 3 is 2.54 bits per heavy atom. The van der Waals surface area contributed by atoms with E-state index < -0.39 is 0 Å². The summed E-state index contributed by atoms with van der Waals surface area (Å²) in [4.78, 5) is 21.1. The van der Waals surface area contributed by atoms with Crippen molar-refractivity contribution in [1.29, 1.82) is 0 Å². The summed E-state index contributed by atoms with van der Waals surface area (Å²) in [6.45, 7) is 0. The molecule has 0 heterocycles. The minimum absolute atomic E-state index is 0.265. The molecule has 72 valence electrons. The first-order valence-corrected chi connectivity index (χ1v) is 4.70. The van der Waals surface area contributed by atoms with Gasteiger partial charge in [0.05, 0.1) is 0 Å². The van der Waals surface area contributed by atoms with Crippen LogP contribution in [0.15, 0.2) is 0 Å². The van der Waals surface area contributed by atoms with E-state index >= 15 is 0 Å². The van der Waals surface area contributed by atoms with Crippen LogP contribution in [-0.4, -0.2) is 12.1 Å². The van der Waals surface area contributed by atoms with Gasteiger partial charge in [-0.15, -0.1) is 12.3 Å². The van der Waals surface area contributed by atoms with Crippen molar-refractivity contribution < 1.29 is 9.59 Å². The molecule has 0 saturated carbocycles. The van der Waals surface area contributed by atoms with Crippen LogP contribution in [0.4, 0.5) is 0 Å². The highest BCUT2D eigenvalue weighted by atomic mass is 16.1. The van der Waals surface area contributed by atoms with Crippen LogP contribution in [0.3, 0.4) is 0 Å². The standard InChI is InChI=1S/C11H16O2/c1-2-3-5-8-11(13)9-6-4-7-10-12/h1,10H,3-9H2. The fraction of sp³-hybridized carbons (Fsp3) is 0.636. The van der Waals surface area contributed by atoms with E-state index in [2.05, 4.69) is 5.92 Å². The SMILES string of the molecule is C#CCCCC(=O)CCCCC=O. The summed E-state index contributed by atoms with van der Waals surface area (Å²) >= 11 is 0. The van der Waals surface area contributed by atoms with Gasteiger partial charge in [-0.1, -0.05) is 0 Å². The Bertz CT molecular complexity index is 189. The number of aldehydes is 1. The Balaban J connectivity index is 3.21. The molecule has 0 spiro atoms. The zero-order valence-electron chi connectivity index (χ0n) is 7.92. The van der Waals surface area contributed by atoms with E-state index in [4.69, 9.17) is 6.42 Å². The lowest BCUT2D eigenvalue weighted by molar-refractivity contribution is -0.119. The van der Waals surface area contributed by atoms with Crippen LogP contribution in [0, 0.1) is 12.3 Å². The van der Waals surface area contributed by atoms with E-state index in [0.717, 1.165) is 25.5 Å². The summed E-state index contributed by atoms with van der Waals surface area (Å²) in [5.74, 6) is 2.77. The first-order chi connectivity index (χ1) is 6.31. The Labute approximate surface area is 79.7 Å². The predicted octanol–water partition coefficient (Wildman–Crippen LogP) is 2.12. The van der Waals surface area contributed by atoms with Gasteiger partial charge in [-0.2, -0.15) is 0 Å². The van der Waals surface area contributed by atoms with Gasteiger partial charge in [-0.3, -0.25) is 4.79 Å². The number of ketones is 1. The van der Waals surface area contributed by atoms with Crippen molar-refractivity contribution in [2.75, 3.05) is 0 Å². The van der Waals surface area contributed by atoms with Crippen molar-refractivity contribution in [2.24, 2.45) is 0 Å². The smallest absolute Gasteiger partial charge is 0.132 e. The minimum Gasteiger partial charge on any atom is -0.303 e. The fourth-order valence-corrected chi connectivity index (χ4v) is 1.06. The van der Waals surface area contributed by atoms with Gasteiger partial charge in [0, 0.05) is 25.7 Å². The molecular formula is C11H16O2. The topological polar surface area (TPSA) is 34.1 Å². The van der Waals surface area contributed by atoms with E-state index in [-0.39, 0.29) is 5.78 Å². The van der Waals surface area contributed by atoms with Gasteiger partial charge in [0.1, 0.15) is 12.1 Å². The van der Waals surface area contributed by atoms with Crippen molar-refractivity contribution in [3.63, 3.8) is 0 Å². The van der Waals surface area contributed by atoms with E-state index in [9.17, 15) is 9.59 Å². The number of unbranched alkanes of at least 4 members (excludes halogenated alkanes) is 3. The lowest BCUT2D eigenvalue weighted by Gasteiger charge is -1.97. The predicted molar refractivity (Wildman–Crippen MR) is 52.2 cm³/mol. The zero-order chi connectivity index (χ0) is 9.94. The Morgan fingerprint density at radius 2 is 1.92 bits per heavy atom. The highest BCUT2D eigenvalue weighted by molar-refractivity contribution is 5.78. The molecule has 0 bridgehead atoms. The van der Waals surface area contributed by atoms with Gasteiger partial charge in [-0.05, 0) is 19.3 Å². The summed E-state index contributed by atoms with van der Waals surface area (Å²) < 4.78 is 0. The maximum absolute atomic E-state index is 11.1. The van der Waals surface area contributed by atoms with Crippen molar-refractivity contribution >= 4 is 12.1 Å². The van der Waals surface area contributed by atoms with Gasteiger partial charge in [0.2, 0.25) is 0 Å². The molecule has 0 unspecified atom stereocenters. The van der Waals surface area contributed by atoms with Crippen molar-refractivity contribution in [3.05, 3.63) is 0 Å². The minimum atomic E-state index is 0.265. The van der Waals surface area contributed by atoms with Gasteiger partial charge >= 0.3 is 0 Å². The number of Topliss-reactive ketones (excluding diaryl/α,β-unsaturated/α-hetero) is 1. The van der Waals surface area contributed by atoms with Crippen LogP contribution in [-0.2, 0) is 9.59 Å². The molecule has 0 aliphatic rings. The van der Waals surface area contributed by atoms with E-state index in [1.165, 1.54) is 0 Å². The maximum Gasteiger partial charge on any atom is 0.132 e. The Morgan fingerprint density at radius 1 is 1.23 bits per heavy atom. The molecule has 0 aliphatic heterocycles. The molecule has 0 aliphatic carbocycles. The van der Waals surface area contributed by atoms with Gasteiger partial charge in [0.25, 0.3) is 0 Å². The van der Waals surface area contributed by atoms with Gasteiger partial charge in [0.15, 0.2) is 0 Å². The van der Waals surface area contributed by atoms with E-state index in [1.54, 1.807) is 0 Å². The summed E-state index contributed by atoms with van der Waals surface area (Å²) in [5.41, 5.74) is 0. The van der Waals surface area contributed by atoms with Crippen LogP contribution in [0.2, 0.25) is 0 Å². The second-order valence-electron chi connectivity index (χ2n) is 3.01. The summed E-state index contributed by atoms with van der Waals surface area (Å²) in [6.07, 6.45) is 10.8. The van der Waals surface area contributed by atoms with E-state index in [0.29, 0.717) is 25.7 Å². The molecular weight excluding hydrogens is 164 g/mol. The molecule has 0 aromatic heterocycles. The molecule has 0 radical (unpaired) electrons. The molecule has 0 amide bonds. The molecule has 0 fully saturated rings. The van der Waals surface area contributed by atoms with Crippen LogP contribution < -0.4 is 0 Å². The largest absolute Gasteiger partial charge is 0.303 e. The third kappa shape index (κ3) is 8.81. The third-order valence-electron chi connectivity index (χ3n) is 1.80. The number of terminal acetylenes is 1. The first kappa shape index (κ1) is 11.9. The lowest BCUT2D eigenvalue weighted by Crippen LogP contribution is -1.97. The number of carbonyl (C=O) groups is 2. The molecule has 0 N–H and O–H groups in total.